The second kappa shape index (κ2) is 8.36. The molecular formula is C22H23N3O2. The van der Waals surface area contributed by atoms with Gasteiger partial charge in [-0.15, -0.1) is 0 Å². The molecule has 1 atom stereocenters. The molecular weight excluding hydrogens is 338 g/mol. The number of hydrogen-bond donors (Lipinski definition) is 2. The molecule has 5 nitrogen and oxygen atoms in total. The number of methoxy groups -OCH3 is 1. The van der Waals surface area contributed by atoms with Crippen LogP contribution in [0.2, 0.25) is 0 Å². The van der Waals surface area contributed by atoms with Gasteiger partial charge in [-0.05, 0) is 60.5 Å². The van der Waals surface area contributed by atoms with Gasteiger partial charge in [-0.1, -0.05) is 36.4 Å². The predicted octanol–water partition coefficient (Wildman–Crippen LogP) is 4.19. The lowest BCUT2D eigenvalue weighted by atomic mass is 10.0. The minimum Gasteiger partial charge on any atom is -0.497 e. The summed E-state index contributed by atoms with van der Waals surface area (Å²) in [7, 11) is 1.62. The molecule has 0 radical (unpaired) electrons. The van der Waals surface area contributed by atoms with Crippen LogP contribution >= 0.6 is 0 Å². The van der Waals surface area contributed by atoms with Crippen LogP contribution in [0, 0.1) is 0 Å². The molecule has 3 aromatic rings. The number of nitrogens with zero attached hydrogens (tertiary/aromatic N) is 1. The Morgan fingerprint density at radius 1 is 1.00 bits per heavy atom. The fourth-order valence-corrected chi connectivity index (χ4v) is 2.72. The molecule has 0 aliphatic carbocycles. The van der Waals surface area contributed by atoms with E-state index in [0.717, 1.165) is 28.1 Å². The van der Waals surface area contributed by atoms with Gasteiger partial charge in [0.25, 0.3) is 5.91 Å². The molecule has 0 saturated heterocycles. The highest BCUT2D eigenvalue weighted by molar-refractivity contribution is 6.02. The van der Waals surface area contributed by atoms with Gasteiger partial charge in [0.2, 0.25) is 0 Å². The fraction of sp³-hybridized carbons (Fsp3) is 0.182. The van der Waals surface area contributed by atoms with Gasteiger partial charge in [0.05, 0.1) is 12.8 Å². The smallest absolute Gasteiger partial charge is 0.262 e. The molecule has 138 valence electrons. The molecule has 27 heavy (non-hydrogen) atoms. The fourth-order valence-electron chi connectivity index (χ4n) is 2.72. The molecule has 5 heteroatoms. The summed E-state index contributed by atoms with van der Waals surface area (Å²) in [5, 5.41) is 9.71. The van der Waals surface area contributed by atoms with Gasteiger partial charge >= 0.3 is 0 Å². The number of hydrazone groups is 1. The summed E-state index contributed by atoms with van der Waals surface area (Å²) >= 11 is 0. The van der Waals surface area contributed by atoms with E-state index in [-0.39, 0.29) is 5.91 Å². The van der Waals surface area contributed by atoms with Crippen molar-refractivity contribution in [3.05, 3.63) is 72.3 Å². The molecule has 3 aromatic carbocycles. The van der Waals surface area contributed by atoms with Crippen LogP contribution in [0.25, 0.3) is 10.8 Å². The Bertz CT molecular complexity index is 965. The maximum atomic E-state index is 12.3. The lowest BCUT2D eigenvalue weighted by Gasteiger charge is -2.14. The van der Waals surface area contributed by atoms with Crippen molar-refractivity contribution in [3.63, 3.8) is 0 Å². The summed E-state index contributed by atoms with van der Waals surface area (Å²) in [6, 6.07) is 21.3. The Hall–Kier alpha value is -3.34. The zero-order chi connectivity index (χ0) is 19.2. The molecule has 0 aromatic heterocycles. The number of hydrogen-bond acceptors (Lipinski definition) is 4. The standard InChI is InChI=1S/C22H23N3O2/c1-15(18-9-8-17-6-4-5-7-19(17)14-18)24-25-22(26)16(2)23-20-10-12-21(27-3)13-11-20/h4-14,16,23H,1-3H3,(H,25,26). The topological polar surface area (TPSA) is 62.7 Å². The minimum atomic E-state index is -0.424. The van der Waals surface area contributed by atoms with Crippen molar-refractivity contribution >= 4 is 28.1 Å². The van der Waals surface area contributed by atoms with Crippen LogP contribution in [0.15, 0.2) is 71.8 Å². The Balaban J connectivity index is 1.63. The summed E-state index contributed by atoms with van der Waals surface area (Å²) in [6.45, 7) is 3.67. The lowest BCUT2D eigenvalue weighted by molar-refractivity contribution is -0.121. The first-order valence-electron chi connectivity index (χ1n) is 8.81. The van der Waals surface area contributed by atoms with Crippen LogP contribution in [0.4, 0.5) is 5.69 Å². The Morgan fingerprint density at radius 2 is 1.70 bits per heavy atom. The highest BCUT2D eigenvalue weighted by Crippen LogP contribution is 2.17. The normalized spacial score (nSPS) is 12.5. The largest absolute Gasteiger partial charge is 0.497 e. The summed E-state index contributed by atoms with van der Waals surface area (Å²) in [5.74, 6) is 0.569. The molecule has 2 N–H and O–H groups in total. The van der Waals surface area contributed by atoms with E-state index in [4.69, 9.17) is 4.74 Å². The third-order valence-corrected chi connectivity index (χ3v) is 4.37. The van der Waals surface area contributed by atoms with E-state index in [1.165, 1.54) is 5.39 Å². The molecule has 0 spiro atoms. The van der Waals surface area contributed by atoms with Gasteiger partial charge in [0, 0.05) is 5.69 Å². The zero-order valence-electron chi connectivity index (χ0n) is 15.7. The Kier molecular flexibility index (Phi) is 5.71. The first-order valence-corrected chi connectivity index (χ1v) is 8.81. The van der Waals surface area contributed by atoms with Crippen molar-refractivity contribution < 1.29 is 9.53 Å². The Morgan fingerprint density at radius 3 is 2.41 bits per heavy atom. The number of nitrogens with one attached hydrogen (secondary N) is 2. The second-order valence-corrected chi connectivity index (χ2v) is 6.33. The molecule has 0 aliphatic heterocycles. The van der Waals surface area contributed by atoms with Crippen molar-refractivity contribution in [3.8, 4) is 5.75 Å². The average molecular weight is 361 g/mol. The first kappa shape index (κ1) is 18.5. The average Bonchev–Trinajstić information content (AvgIpc) is 2.71. The molecule has 0 fully saturated rings. The van der Waals surface area contributed by atoms with E-state index in [1.807, 2.05) is 49.4 Å². The van der Waals surface area contributed by atoms with E-state index < -0.39 is 6.04 Å². The number of carbonyl (C=O) groups is 1. The van der Waals surface area contributed by atoms with E-state index in [2.05, 4.69) is 40.1 Å². The van der Waals surface area contributed by atoms with Gasteiger partial charge in [0.1, 0.15) is 11.8 Å². The van der Waals surface area contributed by atoms with Crippen molar-refractivity contribution in [2.24, 2.45) is 5.10 Å². The third-order valence-electron chi connectivity index (χ3n) is 4.37. The maximum absolute atomic E-state index is 12.3. The van der Waals surface area contributed by atoms with Crippen LogP contribution in [0.5, 0.6) is 5.75 Å². The van der Waals surface area contributed by atoms with Gasteiger partial charge < -0.3 is 10.1 Å². The number of amides is 1. The van der Waals surface area contributed by atoms with E-state index in [9.17, 15) is 4.79 Å². The summed E-state index contributed by atoms with van der Waals surface area (Å²) in [5.41, 5.74) is 5.21. The van der Waals surface area contributed by atoms with Gasteiger partial charge in [0.15, 0.2) is 0 Å². The minimum absolute atomic E-state index is 0.203. The van der Waals surface area contributed by atoms with Gasteiger partial charge in [-0.2, -0.15) is 5.10 Å². The number of rotatable bonds is 6. The zero-order valence-corrected chi connectivity index (χ0v) is 15.7. The number of benzene rings is 3. The van der Waals surface area contributed by atoms with Crippen molar-refractivity contribution in [1.29, 1.82) is 0 Å². The van der Waals surface area contributed by atoms with Crippen LogP contribution in [-0.4, -0.2) is 24.8 Å². The van der Waals surface area contributed by atoms with Crippen LogP contribution in [0.3, 0.4) is 0 Å². The number of ether oxygens (including phenoxy) is 1. The van der Waals surface area contributed by atoms with Crippen molar-refractivity contribution in [1.82, 2.24) is 5.43 Å². The molecule has 1 unspecified atom stereocenters. The number of anilines is 1. The quantitative estimate of drug-likeness (QED) is 0.511. The van der Waals surface area contributed by atoms with Gasteiger partial charge in [-0.25, -0.2) is 5.43 Å². The van der Waals surface area contributed by atoms with E-state index >= 15 is 0 Å². The monoisotopic (exact) mass is 361 g/mol. The van der Waals surface area contributed by atoms with E-state index in [0.29, 0.717) is 0 Å². The second-order valence-electron chi connectivity index (χ2n) is 6.33. The summed E-state index contributed by atoms with van der Waals surface area (Å²) in [4.78, 5) is 12.3. The highest BCUT2D eigenvalue weighted by atomic mass is 16.5. The molecule has 1 amide bonds. The van der Waals surface area contributed by atoms with Crippen molar-refractivity contribution in [2.75, 3.05) is 12.4 Å². The maximum Gasteiger partial charge on any atom is 0.262 e. The number of carbonyl (C=O) groups excluding carboxylic acids is 1. The third kappa shape index (κ3) is 4.64. The van der Waals surface area contributed by atoms with Crippen molar-refractivity contribution in [2.45, 2.75) is 19.9 Å². The molecule has 0 bridgehead atoms. The van der Waals surface area contributed by atoms with Crippen LogP contribution < -0.4 is 15.5 Å². The summed E-state index contributed by atoms with van der Waals surface area (Å²) < 4.78 is 5.13. The SMILES string of the molecule is COc1ccc(NC(C)C(=O)NN=C(C)c2ccc3ccccc3c2)cc1. The number of fused-ring (bicyclic) bond motifs is 1. The summed E-state index contributed by atoms with van der Waals surface area (Å²) in [6.07, 6.45) is 0. The van der Waals surface area contributed by atoms with Gasteiger partial charge in [-0.3, -0.25) is 4.79 Å². The predicted molar refractivity (Wildman–Crippen MR) is 110 cm³/mol. The lowest BCUT2D eigenvalue weighted by Crippen LogP contribution is -2.35. The van der Waals surface area contributed by atoms with Crippen LogP contribution in [-0.2, 0) is 4.79 Å². The van der Waals surface area contributed by atoms with E-state index in [1.54, 1.807) is 14.0 Å². The molecule has 0 heterocycles. The molecule has 0 aliphatic rings. The first-order chi connectivity index (χ1) is 13.1. The van der Waals surface area contributed by atoms with Crippen LogP contribution in [0.1, 0.15) is 19.4 Å². The molecule has 3 rings (SSSR count). The Labute approximate surface area is 159 Å². The highest BCUT2D eigenvalue weighted by Gasteiger charge is 2.12. The molecule has 0 saturated carbocycles.